The van der Waals surface area contributed by atoms with E-state index in [4.69, 9.17) is 15.9 Å². The minimum atomic E-state index is -1.17. The molecule has 0 radical (unpaired) electrons. The van der Waals surface area contributed by atoms with Crippen LogP contribution in [0.2, 0.25) is 0 Å². The van der Waals surface area contributed by atoms with Crippen LogP contribution >= 0.6 is 0 Å². The van der Waals surface area contributed by atoms with E-state index >= 15 is 0 Å². The lowest BCUT2D eigenvalue weighted by molar-refractivity contribution is -0.139. The first kappa shape index (κ1) is 17.4. The van der Waals surface area contributed by atoms with Gasteiger partial charge in [-0.15, -0.1) is 0 Å². The number of carboxylic acids is 2. The first-order chi connectivity index (χ1) is 10.5. The van der Waals surface area contributed by atoms with Crippen molar-refractivity contribution in [3.05, 3.63) is 60.7 Å². The third kappa shape index (κ3) is 6.67. The first-order valence-corrected chi connectivity index (χ1v) is 6.81. The summed E-state index contributed by atoms with van der Waals surface area (Å²) in [5, 5.41) is 16.3. The monoisotopic (exact) mass is 301 g/mol. The summed E-state index contributed by atoms with van der Waals surface area (Å²) in [6.45, 7) is 0. The average molecular weight is 301 g/mol. The van der Waals surface area contributed by atoms with Crippen LogP contribution in [0.25, 0.3) is 11.1 Å². The van der Waals surface area contributed by atoms with E-state index in [0.717, 1.165) is 0 Å². The van der Waals surface area contributed by atoms with Gasteiger partial charge in [-0.25, -0.2) is 0 Å². The van der Waals surface area contributed by atoms with Gasteiger partial charge in [-0.1, -0.05) is 60.7 Å². The fraction of sp³-hybridized carbons (Fsp3) is 0.176. The second-order valence-corrected chi connectivity index (χ2v) is 4.61. The number of carboxylic acid groups (broad SMARTS) is 2. The van der Waals surface area contributed by atoms with Crippen molar-refractivity contribution < 1.29 is 19.8 Å². The van der Waals surface area contributed by atoms with E-state index in [1.165, 1.54) is 11.1 Å². The van der Waals surface area contributed by atoms with Gasteiger partial charge in [-0.2, -0.15) is 0 Å². The van der Waals surface area contributed by atoms with Crippen LogP contribution in [0.4, 0.5) is 0 Å². The zero-order valence-electron chi connectivity index (χ0n) is 12.1. The summed E-state index contributed by atoms with van der Waals surface area (Å²) in [4.78, 5) is 19.9. The second-order valence-electron chi connectivity index (χ2n) is 4.61. The molecule has 4 N–H and O–H groups in total. The minimum Gasteiger partial charge on any atom is -0.481 e. The molecule has 0 aliphatic heterocycles. The molecule has 0 aromatic heterocycles. The van der Waals surface area contributed by atoms with E-state index in [1.54, 1.807) is 0 Å². The Morgan fingerprint density at radius 2 is 1.27 bits per heavy atom. The van der Waals surface area contributed by atoms with Gasteiger partial charge in [0.25, 0.3) is 0 Å². The Balaban J connectivity index is 0.000000225. The van der Waals surface area contributed by atoms with E-state index in [-0.39, 0.29) is 12.8 Å². The zero-order valence-corrected chi connectivity index (χ0v) is 12.1. The first-order valence-electron chi connectivity index (χ1n) is 6.81. The maximum atomic E-state index is 9.99. The molecule has 2 aromatic rings. The molecule has 5 nitrogen and oxygen atoms in total. The Hall–Kier alpha value is -2.66. The van der Waals surface area contributed by atoms with Gasteiger partial charge in [0.2, 0.25) is 0 Å². The molecule has 2 rings (SSSR count). The van der Waals surface area contributed by atoms with Crippen LogP contribution in [0, 0.1) is 0 Å². The van der Waals surface area contributed by atoms with Gasteiger partial charge in [0.1, 0.15) is 6.04 Å². The lowest BCUT2D eigenvalue weighted by Gasteiger charge is -2.01. The van der Waals surface area contributed by atoms with Crippen LogP contribution in [-0.4, -0.2) is 28.2 Å². The Morgan fingerprint density at radius 3 is 1.59 bits per heavy atom. The maximum absolute atomic E-state index is 9.99. The molecule has 1 unspecified atom stereocenters. The van der Waals surface area contributed by atoms with Crippen LogP contribution in [0.1, 0.15) is 12.8 Å². The number of rotatable bonds is 5. The fourth-order valence-electron chi connectivity index (χ4n) is 1.66. The molecule has 0 heterocycles. The van der Waals surface area contributed by atoms with E-state index in [2.05, 4.69) is 48.5 Å². The van der Waals surface area contributed by atoms with Gasteiger partial charge in [0.05, 0.1) is 0 Å². The predicted molar refractivity (Wildman–Crippen MR) is 84.4 cm³/mol. The van der Waals surface area contributed by atoms with Gasteiger partial charge in [0.15, 0.2) is 0 Å². The largest absolute Gasteiger partial charge is 0.481 e. The van der Waals surface area contributed by atoms with Gasteiger partial charge < -0.3 is 15.9 Å². The normalized spacial score (nSPS) is 11.0. The standard InChI is InChI=1S/C12H10.C5H9NO4/c1-3-7-11(8-4-1)12-9-5-2-6-10-12;6-3(5(9)10)1-2-4(7)8/h1-10H;3H,1-2,6H2,(H,7,8)(H,9,10). The van der Waals surface area contributed by atoms with E-state index in [0.29, 0.717) is 0 Å². The van der Waals surface area contributed by atoms with Crippen molar-refractivity contribution in [2.24, 2.45) is 5.73 Å². The number of carbonyl (C=O) groups is 2. The summed E-state index contributed by atoms with van der Waals surface area (Å²) in [5.74, 6) is -2.20. The molecule has 22 heavy (non-hydrogen) atoms. The zero-order chi connectivity index (χ0) is 16.4. The third-order valence-corrected chi connectivity index (χ3v) is 2.87. The smallest absolute Gasteiger partial charge is 0.320 e. The summed E-state index contributed by atoms with van der Waals surface area (Å²) >= 11 is 0. The van der Waals surface area contributed by atoms with Crippen molar-refractivity contribution in [2.45, 2.75) is 18.9 Å². The lowest BCUT2D eigenvalue weighted by Crippen LogP contribution is -2.30. The number of aliphatic carboxylic acids is 2. The van der Waals surface area contributed by atoms with Gasteiger partial charge >= 0.3 is 11.9 Å². The minimum absolute atomic E-state index is 0.0231. The van der Waals surface area contributed by atoms with Gasteiger partial charge in [-0.3, -0.25) is 9.59 Å². The highest BCUT2D eigenvalue weighted by molar-refractivity contribution is 5.74. The van der Waals surface area contributed by atoms with Crippen LogP contribution < -0.4 is 5.73 Å². The van der Waals surface area contributed by atoms with E-state index < -0.39 is 18.0 Å². The molecule has 0 bridgehead atoms. The number of hydrogen-bond acceptors (Lipinski definition) is 3. The highest BCUT2D eigenvalue weighted by Crippen LogP contribution is 2.17. The summed E-state index contributed by atoms with van der Waals surface area (Å²) < 4.78 is 0. The SMILES string of the molecule is NC(CCC(=O)O)C(=O)O.c1ccc(-c2ccccc2)cc1. The Morgan fingerprint density at radius 1 is 0.864 bits per heavy atom. The lowest BCUT2D eigenvalue weighted by atomic mass is 10.1. The van der Waals surface area contributed by atoms with E-state index in [1.807, 2.05) is 12.1 Å². The van der Waals surface area contributed by atoms with E-state index in [9.17, 15) is 9.59 Å². The van der Waals surface area contributed by atoms with Crippen LogP contribution in [-0.2, 0) is 9.59 Å². The quantitative estimate of drug-likeness (QED) is 0.788. The van der Waals surface area contributed by atoms with Crippen molar-refractivity contribution in [3.8, 4) is 11.1 Å². The Labute approximate surface area is 129 Å². The van der Waals surface area contributed by atoms with Crippen molar-refractivity contribution in [1.29, 1.82) is 0 Å². The molecule has 0 aliphatic rings. The maximum Gasteiger partial charge on any atom is 0.320 e. The summed E-state index contributed by atoms with van der Waals surface area (Å²) in [6.07, 6.45) is -0.224. The molecular weight excluding hydrogens is 282 g/mol. The molecule has 0 saturated carbocycles. The fourth-order valence-corrected chi connectivity index (χ4v) is 1.66. The third-order valence-electron chi connectivity index (χ3n) is 2.87. The van der Waals surface area contributed by atoms with Crippen molar-refractivity contribution in [3.63, 3.8) is 0 Å². The topological polar surface area (TPSA) is 101 Å². The van der Waals surface area contributed by atoms with Crippen LogP contribution in [0.15, 0.2) is 60.7 Å². The van der Waals surface area contributed by atoms with Gasteiger partial charge in [-0.05, 0) is 17.5 Å². The number of benzene rings is 2. The number of nitrogens with two attached hydrogens (primary N) is 1. The Bertz CT molecular complexity index is 547. The molecule has 0 fully saturated rings. The highest BCUT2D eigenvalue weighted by atomic mass is 16.4. The summed E-state index contributed by atoms with van der Waals surface area (Å²) in [6, 6.07) is 19.7. The summed E-state index contributed by atoms with van der Waals surface area (Å²) in [7, 11) is 0. The number of hydrogen-bond donors (Lipinski definition) is 3. The van der Waals surface area contributed by atoms with Crippen LogP contribution in [0.5, 0.6) is 0 Å². The van der Waals surface area contributed by atoms with Crippen molar-refractivity contribution in [1.82, 2.24) is 0 Å². The average Bonchev–Trinajstić information content (AvgIpc) is 2.54. The van der Waals surface area contributed by atoms with Crippen LogP contribution in [0.3, 0.4) is 0 Å². The second kappa shape index (κ2) is 9.31. The Kier molecular flexibility index (Phi) is 7.36. The molecule has 0 saturated heterocycles. The molecular formula is C17H19NO4. The highest BCUT2D eigenvalue weighted by Gasteiger charge is 2.12. The summed E-state index contributed by atoms with van der Waals surface area (Å²) in [5.41, 5.74) is 7.55. The van der Waals surface area contributed by atoms with Gasteiger partial charge in [0, 0.05) is 6.42 Å². The molecule has 116 valence electrons. The van der Waals surface area contributed by atoms with Crippen molar-refractivity contribution >= 4 is 11.9 Å². The molecule has 0 aliphatic carbocycles. The molecule has 0 amide bonds. The predicted octanol–water partition coefficient (Wildman–Crippen LogP) is 2.62. The molecule has 2 aromatic carbocycles. The van der Waals surface area contributed by atoms with Crippen molar-refractivity contribution in [2.75, 3.05) is 0 Å². The molecule has 5 heteroatoms. The molecule has 1 atom stereocenters. The molecule has 0 spiro atoms.